The number of nitrogens with zero attached hydrogens (tertiary/aromatic N) is 1. The van der Waals surface area contributed by atoms with Crippen molar-refractivity contribution in [1.29, 1.82) is 0 Å². The summed E-state index contributed by atoms with van der Waals surface area (Å²) in [6.45, 7) is 4.38. The van der Waals surface area contributed by atoms with Crippen LogP contribution in [0.4, 0.5) is 5.69 Å². The lowest BCUT2D eigenvalue weighted by molar-refractivity contribution is -0.120. The van der Waals surface area contributed by atoms with Crippen LogP contribution in [0, 0.1) is 5.92 Å². The highest BCUT2D eigenvalue weighted by Gasteiger charge is 2.33. The molecule has 1 aliphatic heterocycles. The van der Waals surface area contributed by atoms with Crippen LogP contribution in [-0.4, -0.2) is 44.9 Å². The number of benzene rings is 2. The predicted octanol–water partition coefficient (Wildman–Crippen LogP) is 3.52. The Morgan fingerprint density at radius 2 is 1.83 bits per heavy atom. The molecular weight excluding hydrogens is 404 g/mol. The Morgan fingerprint density at radius 1 is 1.13 bits per heavy atom. The van der Waals surface area contributed by atoms with Gasteiger partial charge in [0.25, 0.3) is 0 Å². The molecule has 1 atom stereocenters. The van der Waals surface area contributed by atoms with Crippen molar-refractivity contribution in [3.05, 3.63) is 48.5 Å². The minimum absolute atomic E-state index is 0.0251. The molecule has 0 radical (unpaired) electrons. The molecule has 1 unspecified atom stereocenters. The summed E-state index contributed by atoms with van der Waals surface area (Å²) in [5.74, 6) is 0.551. The van der Waals surface area contributed by atoms with Gasteiger partial charge in [-0.25, -0.2) is 8.42 Å². The molecule has 1 heterocycles. The Balaban J connectivity index is 1.72. The van der Waals surface area contributed by atoms with E-state index >= 15 is 0 Å². The first-order valence-electron chi connectivity index (χ1n) is 10.0. The van der Waals surface area contributed by atoms with Crippen molar-refractivity contribution in [3.63, 3.8) is 0 Å². The normalized spacial score (nSPS) is 17.5. The number of nitrogens with one attached hydrogen (secondary N) is 1. The van der Waals surface area contributed by atoms with E-state index in [1.54, 1.807) is 24.3 Å². The van der Waals surface area contributed by atoms with Gasteiger partial charge in [-0.15, -0.1) is 0 Å². The van der Waals surface area contributed by atoms with Gasteiger partial charge >= 0.3 is 0 Å². The fourth-order valence-electron chi connectivity index (χ4n) is 3.43. The van der Waals surface area contributed by atoms with Gasteiger partial charge in [-0.2, -0.15) is 4.31 Å². The summed E-state index contributed by atoms with van der Waals surface area (Å²) >= 11 is 0. The number of piperidine rings is 1. The van der Waals surface area contributed by atoms with Crippen molar-refractivity contribution in [2.24, 2.45) is 5.92 Å². The van der Waals surface area contributed by atoms with Crippen molar-refractivity contribution in [2.45, 2.75) is 37.7 Å². The quantitative estimate of drug-likeness (QED) is 0.724. The second-order valence-corrected chi connectivity index (χ2v) is 9.47. The molecule has 0 spiro atoms. The molecule has 7 nitrogen and oxygen atoms in total. The Kier molecular flexibility index (Phi) is 6.99. The van der Waals surface area contributed by atoms with Crippen molar-refractivity contribution in [1.82, 2.24) is 4.31 Å². The summed E-state index contributed by atoms with van der Waals surface area (Å²) < 4.78 is 38.3. The number of hydrogen-bond donors (Lipinski definition) is 1. The molecule has 3 rings (SSSR count). The van der Waals surface area contributed by atoms with Crippen molar-refractivity contribution < 1.29 is 22.7 Å². The lowest BCUT2D eigenvalue weighted by Gasteiger charge is -2.31. The SMILES string of the molecule is COc1ccc(S(=O)(=O)N2CCCC(C(=O)Nc3ccccc3OC(C)C)C2)cc1. The van der Waals surface area contributed by atoms with Gasteiger partial charge in [0.2, 0.25) is 15.9 Å². The van der Waals surface area contributed by atoms with E-state index in [0.717, 1.165) is 0 Å². The molecule has 0 aliphatic carbocycles. The van der Waals surface area contributed by atoms with Crippen LogP contribution in [0.3, 0.4) is 0 Å². The van der Waals surface area contributed by atoms with Gasteiger partial charge in [0, 0.05) is 13.1 Å². The van der Waals surface area contributed by atoms with E-state index in [1.807, 2.05) is 26.0 Å². The summed E-state index contributed by atoms with van der Waals surface area (Å²) in [6.07, 6.45) is 1.23. The van der Waals surface area contributed by atoms with Gasteiger partial charge < -0.3 is 14.8 Å². The van der Waals surface area contributed by atoms with Crippen LogP contribution < -0.4 is 14.8 Å². The zero-order chi connectivity index (χ0) is 21.7. The molecule has 2 aromatic rings. The van der Waals surface area contributed by atoms with Crippen LogP contribution >= 0.6 is 0 Å². The van der Waals surface area contributed by atoms with E-state index in [4.69, 9.17) is 9.47 Å². The molecule has 1 aliphatic rings. The average molecular weight is 433 g/mol. The highest BCUT2D eigenvalue weighted by molar-refractivity contribution is 7.89. The number of para-hydroxylation sites is 2. The molecule has 8 heteroatoms. The van der Waals surface area contributed by atoms with E-state index in [1.165, 1.54) is 23.5 Å². The monoisotopic (exact) mass is 432 g/mol. The fraction of sp³-hybridized carbons (Fsp3) is 0.409. The first-order valence-corrected chi connectivity index (χ1v) is 11.5. The molecule has 2 aromatic carbocycles. The molecule has 162 valence electrons. The van der Waals surface area contributed by atoms with Crippen LogP contribution in [0.5, 0.6) is 11.5 Å². The van der Waals surface area contributed by atoms with Crippen molar-refractivity contribution in [2.75, 3.05) is 25.5 Å². The number of sulfonamides is 1. The van der Waals surface area contributed by atoms with Crippen LogP contribution in [0.15, 0.2) is 53.4 Å². The maximum absolute atomic E-state index is 13.0. The van der Waals surface area contributed by atoms with E-state index in [-0.39, 0.29) is 23.5 Å². The summed E-state index contributed by atoms with van der Waals surface area (Å²) in [7, 11) is -2.15. The third kappa shape index (κ3) is 5.12. The first-order chi connectivity index (χ1) is 14.3. The summed E-state index contributed by atoms with van der Waals surface area (Å²) in [5, 5.41) is 2.91. The molecule has 1 N–H and O–H groups in total. The largest absolute Gasteiger partial charge is 0.497 e. The van der Waals surface area contributed by atoms with Crippen LogP contribution in [0.1, 0.15) is 26.7 Å². The second-order valence-electron chi connectivity index (χ2n) is 7.53. The lowest BCUT2D eigenvalue weighted by atomic mass is 9.98. The number of ether oxygens (including phenoxy) is 2. The minimum atomic E-state index is -3.68. The highest BCUT2D eigenvalue weighted by atomic mass is 32.2. The number of anilines is 1. The molecule has 0 bridgehead atoms. The Hall–Kier alpha value is -2.58. The van der Waals surface area contributed by atoms with Gasteiger partial charge in [-0.3, -0.25) is 4.79 Å². The van der Waals surface area contributed by atoms with Gasteiger partial charge in [0.1, 0.15) is 11.5 Å². The third-order valence-electron chi connectivity index (χ3n) is 4.96. The number of carbonyl (C=O) groups excluding carboxylic acids is 1. The summed E-state index contributed by atoms with van der Waals surface area (Å²) in [6, 6.07) is 13.5. The molecule has 1 amide bonds. The number of rotatable bonds is 7. The summed E-state index contributed by atoms with van der Waals surface area (Å²) in [5.41, 5.74) is 0.589. The standard InChI is InChI=1S/C22H28N2O5S/c1-16(2)29-21-9-5-4-8-20(21)23-22(25)17-7-6-14-24(15-17)30(26,27)19-12-10-18(28-3)11-13-19/h4-5,8-13,16-17H,6-7,14-15H2,1-3H3,(H,23,25). The maximum atomic E-state index is 13.0. The first kappa shape index (κ1) is 22.1. The fourth-order valence-corrected chi connectivity index (χ4v) is 4.96. The molecule has 1 fully saturated rings. The van der Waals surface area contributed by atoms with E-state index in [0.29, 0.717) is 36.6 Å². The van der Waals surface area contributed by atoms with Gasteiger partial charge in [0.15, 0.2) is 0 Å². The molecular formula is C22H28N2O5S. The zero-order valence-electron chi connectivity index (χ0n) is 17.5. The van der Waals surface area contributed by atoms with Crippen LogP contribution in [-0.2, 0) is 14.8 Å². The Morgan fingerprint density at radius 3 is 2.50 bits per heavy atom. The number of carbonyl (C=O) groups is 1. The van der Waals surface area contributed by atoms with Crippen molar-refractivity contribution >= 4 is 21.6 Å². The number of methoxy groups -OCH3 is 1. The lowest BCUT2D eigenvalue weighted by Crippen LogP contribution is -2.43. The van der Waals surface area contributed by atoms with Gasteiger partial charge in [-0.05, 0) is 63.1 Å². The van der Waals surface area contributed by atoms with Crippen LogP contribution in [0.25, 0.3) is 0 Å². The highest BCUT2D eigenvalue weighted by Crippen LogP contribution is 2.28. The molecule has 30 heavy (non-hydrogen) atoms. The zero-order valence-corrected chi connectivity index (χ0v) is 18.3. The molecule has 0 saturated carbocycles. The topological polar surface area (TPSA) is 84.9 Å². The average Bonchev–Trinajstić information content (AvgIpc) is 2.75. The minimum Gasteiger partial charge on any atom is -0.497 e. The predicted molar refractivity (Wildman–Crippen MR) is 115 cm³/mol. The summed E-state index contributed by atoms with van der Waals surface area (Å²) in [4.78, 5) is 13.1. The Bertz CT molecular complexity index is 973. The van der Waals surface area contributed by atoms with Gasteiger partial charge in [0.05, 0.1) is 29.7 Å². The second kappa shape index (κ2) is 9.49. The Labute approximate surface area is 178 Å². The van der Waals surface area contributed by atoms with Gasteiger partial charge in [-0.1, -0.05) is 12.1 Å². The molecule has 0 aromatic heterocycles. The van der Waals surface area contributed by atoms with E-state index in [9.17, 15) is 13.2 Å². The van der Waals surface area contributed by atoms with Crippen LogP contribution in [0.2, 0.25) is 0 Å². The number of hydrogen-bond acceptors (Lipinski definition) is 5. The number of amides is 1. The van der Waals surface area contributed by atoms with E-state index in [2.05, 4.69) is 5.32 Å². The third-order valence-corrected chi connectivity index (χ3v) is 6.84. The van der Waals surface area contributed by atoms with E-state index < -0.39 is 15.9 Å². The smallest absolute Gasteiger partial charge is 0.243 e. The molecule has 1 saturated heterocycles. The van der Waals surface area contributed by atoms with Crippen molar-refractivity contribution in [3.8, 4) is 11.5 Å². The maximum Gasteiger partial charge on any atom is 0.243 e.